The van der Waals surface area contributed by atoms with Gasteiger partial charge in [0.15, 0.2) is 6.04 Å². The van der Waals surface area contributed by atoms with Crippen molar-refractivity contribution in [3.05, 3.63) is 88.6 Å². The molecule has 2 saturated heterocycles. The zero-order chi connectivity index (χ0) is 28.7. The van der Waals surface area contributed by atoms with Crippen LogP contribution >= 0.6 is 15.9 Å². The highest BCUT2D eigenvalue weighted by atomic mass is 79.9. The van der Waals surface area contributed by atoms with Gasteiger partial charge in [-0.05, 0) is 92.3 Å². The van der Waals surface area contributed by atoms with Crippen LogP contribution in [0, 0.1) is 11.7 Å². The van der Waals surface area contributed by atoms with Crippen molar-refractivity contribution in [2.45, 2.75) is 61.6 Å². The minimum absolute atomic E-state index is 0.197. The first-order chi connectivity index (χ1) is 18.9. The molecule has 2 aliphatic rings. The Hall–Kier alpha value is -2.89. The van der Waals surface area contributed by atoms with Gasteiger partial charge in [0.2, 0.25) is 15.9 Å². The van der Waals surface area contributed by atoms with Gasteiger partial charge in [-0.15, -0.1) is 0 Å². The van der Waals surface area contributed by atoms with E-state index >= 15 is 8.78 Å². The number of carbonyl (C=O) groups excluding carboxylic acids is 1. The molecule has 6 nitrogen and oxygen atoms in total. The number of halogens is 4. The number of amides is 1. The molecule has 0 aliphatic carbocycles. The predicted octanol–water partition coefficient (Wildman–Crippen LogP) is 6.61. The molecule has 2 aliphatic heterocycles. The van der Waals surface area contributed by atoms with Crippen molar-refractivity contribution in [3.63, 3.8) is 0 Å². The molecule has 2 heterocycles. The van der Waals surface area contributed by atoms with Crippen LogP contribution in [0.25, 0.3) is 0 Å². The third kappa shape index (κ3) is 5.91. The molecule has 212 valence electrons. The van der Waals surface area contributed by atoms with Crippen molar-refractivity contribution in [2.75, 3.05) is 0 Å². The highest BCUT2D eigenvalue weighted by Gasteiger charge is 2.53. The lowest BCUT2D eigenvalue weighted by molar-refractivity contribution is -0.149. The second-order valence-electron chi connectivity index (χ2n) is 10.4. The highest BCUT2D eigenvalue weighted by molar-refractivity contribution is 9.10. The number of benzene rings is 3. The van der Waals surface area contributed by atoms with Gasteiger partial charge in [0.1, 0.15) is 17.3 Å². The number of carbonyl (C=O) groups is 1. The van der Waals surface area contributed by atoms with E-state index in [2.05, 4.69) is 27.6 Å². The van der Waals surface area contributed by atoms with E-state index < -0.39 is 39.3 Å². The Morgan fingerprint density at radius 2 is 1.48 bits per heavy atom. The zero-order valence-corrected chi connectivity index (χ0v) is 24.0. The fourth-order valence-corrected chi connectivity index (χ4v) is 7.08. The minimum Gasteiger partial charge on any atom is -0.457 e. The summed E-state index contributed by atoms with van der Waals surface area (Å²) < 4.78 is 80.3. The van der Waals surface area contributed by atoms with Gasteiger partial charge in [0, 0.05) is 22.1 Å². The van der Waals surface area contributed by atoms with Crippen molar-refractivity contribution in [3.8, 4) is 11.5 Å². The molecule has 40 heavy (non-hydrogen) atoms. The number of hydrogen-bond donors (Lipinski definition) is 1. The van der Waals surface area contributed by atoms with Crippen LogP contribution in [0.4, 0.5) is 13.2 Å². The summed E-state index contributed by atoms with van der Waals surface area (Å²) in [5, 5.41) is 0. The second-order valence-corrected chi connectivity index (χ2v) is 13.0. The molecule has 1 N–H and O–H groups in total. The van der Waals surface area contributed by atoms with Crippen LogP contribution in [-0.4, -0.2) is 37.4 Å². The van der Waals surface area contributed by atoms with Crippen molar-refractivity contribution in [2.24, 2.45) is 5.92 Å². The molecule has 2 fully saturated rings. The van der Waals surface area contributed by atoms with Gasteiger partial charge in [-0.3, -0.25) is 4.79 Å². The van der Waals surface area contributed by atoms with Crippen molar-refractivity contribution >= 4 is 31.9 Å². The summed E-state index contributed by atoms with van der Waals surface area (Å²) in [6, 6.07) is 12.8. The smallest absolute Gasteiger partial charge is 0.298 e. The standard InChI is InChI=1S/C29H28BrF3N2O4S/c1-18-16-22-8-9-23(17-18)35(22)28(36)27(29(32,33)19-2-4-20(30)5-3-19)34-40(37,38)26-14-12-25(13-15-26)39-24-10-6-21(31)7-11-24/h2-7,10-15,18,22-23,27,34H,8-9,16-17H2,1H3. The summed E-state index contributed by atoms with van der Waals surface area (Å²) in [5.74, 6) is -4.24. The van der Waals surface area contributed by atoms with E-state index in [1.807, 2.05) is 0 Å². The third-order valence-electron chi connectivity index (χ3n) is 7.52. The van der Waals surface area contributed by atoms with Crippen LogP contribution in [0.15, 0.2) is 82.2 Å². The van der Waals surface area contributed by atoms with Gasteiger partial charge >= 0.3 is 0 Å². The van der Waals surface area contributed by atoms with Crippen molar-refractivity contribution in [1.82, 2.24) is 9.62 Å². The van der Waals surface area contributed by atoms with Crippen LogP contribution in [0.1, 0.15) is 38.2 Å². The summed E-state index contributed by atoms with van der Waals surface area (Å²) in [5.41, 5.74) is -0.475. The number of rotatable bonds is 8. The molecular formula is C29H28BrF3N2O4S. The van der Waals surface area contributed by atoms with Gasteiger partial charge in [0.05, 0.1) is 4.90 Å². The van der Waals surface area contributed by atoms with Crippen molar-refractivity contribution in [1.29, 1.82) is 0 Å². The number of nitrogens with one attached hydrogen (secondary N) is 1. The van der Waals surface area contributed by atoms with Crippen LogP contribution in [0.3, 0.4) is 0 Å². The zero-order valence-electron chi connectivity index (χ0n) is 21.6. The average molecular weight is 638 g/mol. The maximum atomic E-state index is 16.1. The highest BCUT2D eigenvalue weighted by Crippen LogP contribution is 2.42. The Labute approximate surface area is 239 Å². The number of sulfonamides is 1. The van der Waals surface area contributed by atoms with Gasteiger partial charge < -0.3 is 9.64 Å². The number of alkyl halides is 2. The first-order valence-electron chi connectivity index (χ1n) is 13.0. The van der Waals surface area contributed by atoms with Crippen LogP contribution in [0.5, 0.6) is 11.5 Å². The van der Waals surface area contributed by atoms with Gasteiger partial charge in [0.25, 0.3) is 5.92 Å². The SMILES string of the molecule is CC1CC2CCC(C1)N2C(=O)C(NS(=O)(=O)c1ccc(Oc2ccc(F)cc2)cc1)C(F)(F)c1ccc(Br)cc1. The number of piperidine rings is 1. The van der Waals surface area contributed by atoms with Crippen molar-refractivity contribution < 1.29 is 31.1 Å². The van der Waals surface area contributed by atoms with E-state index in [4.69, 9.17) is 4.74 Å². The average Bonchev–Trinajstić information content (AvgIpc) is 3.19. The third-order valence-corrected chi connectivity index (χ3v) is 9.49. The fraction of sp³-hybridized carbons (Fsp3) is 0.345. The van der Waals surface area contributed by atoms with Crippen LogP contribution in [0.2, 0.25) is 0 Å². The summed E-state index contributed by atoms with van der Waals surface area (Å²) in [6.45, 7) is 2.08. The summed E-state index contributed by atoms with van der Waals surface area (Å²) in [4.78, 5) is 15.0. The number of fused-ring (bicyclic) bond motifs is 2. The molecule has 2 bridgehead atoms. The van der Waals surface area contributed by atoms with Crippen LogP contribution < -0.4 is 9.46 Å². The lowest BCUT2D eigenvalue weighted by Gasteiger charge is -2.41. The Bertz CT molecular complexity index is 1450. The lowest BCUT2D eigenvalue weighted by Crippen LogP contribution is -2.59. The molecule has 5 rings (SSSR count). The quantitative estimate of drug-likeness (QED) is 0.302. The van der Waals surface area contributed by atoms with Gasteiger partial charge in [-0.2, -0.15) is 13.5 Å². The van der Waals surface area contributed by atoms with Gasteiger partial charge in [-0.25, -0.2) is 12.8 Å². The normalized spacial score (nSPS) is 21.7. The number of ether oxygens (including phenoxy) is 1. The number of hydrogen-bond acceptors (Lipinski definition) is 4. The van der Waals surface area contributed by atoms with Crippen LogP contribution in [-0.2, 0) is 20.7 Å². The van der Waals surface area contributed by atoms with E-state index in [0.29, 0.717) is 41.8 Å². The Balaban J connectivity index is 1.43. The van der Waals surface area contributed by atoms with E-state index in [1.54, 1.807) is 0 Å². The molecule has 0 radical (unpaired) electrons. The first-order valence-corrected chi connectivity index (χ1v) is 15.2. The molecular weight excluding hydrogens is 609 g/mol. The van der Waals surface area contributed by atoms with E-state index in [0.717, 1.165) is 0 Å². The fourth-order valence-electron chi connectivity index (χ4n) is 5.63. The minimum atomic E-state index is -4.55. The summed E-state index contributed by atoms with van der Waals surface area (Å²) >= 11 is 3.22. The summed E-state index contributed by atoms with van der Waals surface area (Å²) in [7, 11) is -4.55. The molecule has 0 spiro atoms. The van der Waals surface area contributed by atoms with Gasteiger partial charge in [-0.1, -0.05) is 35.0 Å². The predicted molar refractivity (Wildman–Crippen MR) is 147 cm³/mol. The summed E-state index contributed by atoms with van der Waals surface area (Å²) in [6.07, 6.45) is 2.81. The lowest BCUT2D eigenvalue weighted by atomic mass is 9.91. The molecule has 3 atom stereocenters. The molecule has 3 aromatic rings. The molecule has 0 aromatic heterocycles. The van der Waals surface area contributed by atoms with E-state index in [9.17, 15) is 17.6 Å². The Morgan fingerprint density at radius 1 is 0.950 bits per heavy atom. The largest absolute Gasteiger partial charge is 0.457 e. The molecule has 3 aromatic carbocycles. The first kappa shape index (κ1) is 28.6. The maximum Gasteiger partial charge on any atom is 0.298 e. The Kier molecular flexibility index (Phi) is 8.00. The topological polar surface area (TPSA) is 75.7 Å². The molecule has 1 amide bonds. The Morgan fingerprint density at radius 3 is 2.02 bits per heavy atom. The maximum absolute atomic E-state index is 16.1. The van der Waals surface area contributed by atoms with E-state index in [-0.39, 0.29) is 22.7 Å². The molecule has 11 heteroatoms. The monoisotopic (exact) mass is 636 g/mol. The molecule has 3 unspecified atom stereocenters. The molecule has 0 saturated carbocycles. The van der Waals surface area contributed by atoms with E-state index in [1.165, 1.54) is 77.7 Å². The second kappa shape index (κ2) is 11.2. The number of nitrogens with zero attached hydrogens (tertiary/aromatic N) is 1.